The highest BCUT2D eigenvalue weighted by atomic mass is 35.5. The molecule has 0 radical (unpaired) electrons. The Kier molecular flexibility index (Phi) is 5.30. The van der Waals surface area contributed by atoms with Crippen molar-refractivity contribution < 1.29 is 9.53 Å². The lowest BCUT2D eigenvalue weighted by molar-refractivity contribution is 0.0607. The fourth-order valence-electron chi connectivity index (χ4n) is 2.73. The molecule has 0 saturated carbocycles. The molecule has 1 aromatic heterocycles. The van der Waals surface area contributed by atoms with E-state index in [1.807, 2.05) is 32.0 Å². The number of benzene rings is 2. The summed E-state index contributed by atoms with van der Waals surface area (Å²) in [4.78, 5) is 17.4. The van der Waals surface area contributed by atoms with E-state index in [1.165, 1.54) is 18.4 Å². The van der Waals surface area contributed by atoms with Gasteiger partial charge in [-0.2, -0.15) is 0 Å². The number of ether oxygens (including phenoxy) is 1. The number of hydrogen-bond acceptors (Lipinski definition) is 5. The van der Waals surface area contributed by atoms with Crippen molar-refractivity contribution in [2.75, 3.05) is 12.8 Å². The monoisotopic (exact) mass is 386 g/mol. The first-order chi connectivity index (χ1) is 12.4. The predicted octanol–water partition coefficient (Wildman–Crippen LogP) is 5.04. The Morgan fingerprint density at radius 1 is 1.19 bits per heavy atom. The van der Waals surface area contributed by atoms with Gasteiger partial charge in [-0.05, 0) is 48.7 Å². The number of nitrogens with zero attached hydrogens (tertiary/aromatic N) is 1. The van der Waals surface area contributed by atoms with Gasteiger partial charge in [0.15, 0.2) is 0 Å². The van der Waals surface area contributed by atoms with Crippen LogP contribution in [-0.2, 0) is 11.2 Å². The van der Waals surface area contributed by atoms with E-state index < -0.39 is 0 Å². The predicted molar refractivity (Wildman–Crippen MR) is 107 cm³/mol. The van der Waals surface area contributed by atoms with E-state index >= 15 is 0 Å². The maximum atomic E-state index is 12.2. The van der Waals surface area contributed by atoms with Crippen LogP contribution in [0, 0.1) is 13.8 Å². The molecule has 3 aromatic rings. The fourth-order valence-corrected chi connectivity index (χ4v) is 3.88. The number of carbonyl (C=O) groups excluding carboxylic acids is 1. The Balaban J connectivity index is 2.03. The van der Waals surface area contributed by atoms with E-state index in [0.717, 1.165) is 32.9 Å². The minimum atomic E-state index is -0.385. The number of halogens is 1. The molecule has 6 heteroatoms. The lowest BCUT2D eigenvalue weighted by Gasteiger charge is -2.08. The van der Waals surface area contributed by atoms with Gasteiger partial charge in [-0.15, -0.1) is 11.3 Å². The van der Waals surface area contributed by atoms with Gasteiger partial charge in [-0.3, -0.25) is 0 Å². The first-order valence-corrected chi connectivity index (χ1v) is 9.28. The van der Waals surface area contributed by atoms with E-state index in [-0.39, 0.29) is 5.97 Å². The van der Waals surface area contributed by atoms with Crippen LogP contribution in [0.4, 0.5) is 5.69 Å². The van der Waals surface area contributed by atoms with E-state index in [0.29, 0.717) is 22.0 Å². The molecule has 0 saturated heterocycles. The quantitative estimate of drug-likeness (QED) is 0.504. The second kappa shape index (κ2) is 7.48. The number of methoxy groups -OCH3 is 1. The number of nitrogen functional groups attached to an aromatic ring is 1. The zero-order valence-electron chi connectivity index (χ0n) is 14.8. The van der Waals surface area contributed by atoms with Crippen LogP contribution in [0.1, 0.15) is 31.4 Å². The third-order valence-corrected chi connectivity index (χ3v) is 5.51. The molecule has 3 rings (SSSR count). The number of aromatic nitrogens is 1. The number of esters is 1. The molecular formula is C20H19ClN2O2S. The van der Waals surface area contributed by atoms with Gasteiger partial charge in [-0.1, -0.05) is 29.8 Å². The zero-order chi connectivity index (χ0) is 18.8. The van der Waals surface area contributed by atoms with Crippen molar-refractivity contribution in [1.82, 2.24) is 4.98 Å². The van der Waals surface area contributed by atoms with E-state index in [1.54, 1.807) is 12.1 Å². The number of thiazole rings is 1. The molecule has 1 heterocycles. The number of aryl methyl sites for hydroxylation is 2. The number of anilines is 1. The smallest absolute Gasteiger partial charge is 0.350 e. The maximum Gasteiger partial charge on any atom is 0.350 e. The fraction of sp³-hybridized carbons (Fsp3) is 0.200. The normalized spacial score (nSPS) is 10.8. The molecule has 0 spiro atoms. The Hall–Kier alpha value is -2.37. The molecule has 2 aromatic carbocycles. The molecule has 0 fully saturated rings. The van der Waals surface area contributed by atoms with Crippen molar-refractivity contribution >= 4 is 34.6 Å². The lowest BCUT2D eigenvalue weighted by atomic mass is 10.0. The molecule has 134 valence electrons. The molecular weight excluding hydrogens is 368 g/mol. The highest BCUT2D eigenvalue weighted by molar-refractivity contribution is 7.14. The number of hydrogen-bond donors (Lipinski definition) is 1. The SMILES string of the molecule is COC(=O)c1sc(Cc2cc(C)c(N)cc2C)nc1-c1ccc(Cl)cc1. The van der Waals surface area contributed by atoms with Crippen LogP contribution in [0.15, 0.2) is 36.4 Å². The van der Waals surface area contributed by atoms with Crippen LogP contribution < -0.4 is 5.73 Å². The number of rotatable bonds is 4. The molecule has 0 amide bonds. The van der Waals surface area contributed by atoms with Crippen LogP contribution in [0.2, 0.25) is 5.02 Å². The van der Waals surface area contributed by atoms with Gasteiger partial charge in [0.1, 0.15) is 4.88 Å². The van der Waals surface area contributed by atoms with Gasteiger partial charge < -0.3 is 10.5 Å². The molecule has 0 unspecified atom stereocenters. The Labute approximate surface area is 161 Å². The minimum Gasteiger partial charge on any atom is -0.465 e. The third kappa shape index (κ3) is 3.74. The molecule has 0 atom stereocenters. The molecule has 2 N–H and O–H groups in total. The number of carbonyl (C=O) groups is 1. The topological polar surface area (TPSA) is 65.2 Å². The third-order valence-electron chi connectivity index (χ3n) is 4.23. The highest BCUT2D eigenvalue weighted by Gasteiger charge is 2.20. The number of nitrogens with two attached hydrogens (primary N) is 1. The summed E-state index contributed by atoms with van der Waals surface area (Å²) in [6, 6.07) is 11.3. The summed E-state index contributed by atoms with van der Waals surface area (Å²) in [5.41, 5.74) is 11.5. The van der Waals surface area contributed by atoms with Crippen molar-refractivity contribution in [3.05, 3.63) is 68.0 Å². The molecule has 0 bridgehead atoms. The summed E-state index contributed by atoms with van der Waals surface area (Å²) in [5.74, 6) is -0.385. The van der Waals surface area contributed by atoms with Gasteiger partial charge in [0, 0.05) is 22.7 Å². The van der Waals surface area contributed by atoms with Gasteiger partial charge >= 0.3 is 5.97 Å². The van der Waals surface area contributed by atoms with Crippen molar-refractivity contribution in [3.8, 4) is 11.3 Å². The second-order valence-electron chi connectivity index (χ2n) is 6.10. The van der Waals surface area contributed by atoms with Crippen LogP contribution in [-0.4, -0.2) is 18.1 Å². The van der Waals surface area contributed by atoms with Crippen molar-refractivity contribution in [1.29, 1.82) is 0 Å². The zero-order valence-corrected chi connectivity index (χ0v) is 16.4. The van der Waals surface area contributed by atoms with Gasteiger partial charge in [0.25, 0.3) is 0 Å². The van der Waals surface area contributed by atoms with Gasteiger partial charge in [0.05, 0.1) is 17.8 Å². The van der Waals surface area contributed by atoms with Gasteiger partial charge in [0.2, 0.25) is 0 Å². The first kappa shape index (κ1) is 18.4. The Morgan fingerprint density at radius 3 is 2.54 bits per heavy atom. The minimum absolute atomic E-state index is 0.385. The molecule has 0 aliphatic rings. The van der Waals surface area contributed by atoms with E-state index in [2.05, 4.69) is 6.07 Å². The van der Waals surface area contributed by atoms with Crippen molar-refractivity contribution in [2.24, 2.45) is 0 Å². The van der Waals surface area contributed by atoms with Crippen molar-refractivity contribution in [3.63, 3.8) is 0 Å². The standard InChI is InChI=1S/C20H19ClN2O2S/c1-11-9-16(22)12(2)8-14(11)10-17-23-18(19(26-17)20(24)25-3)13-4-6-15(21)7-5-13/h4-9H,10,22H2,1-3H3. The second-order valence-corrected chi connectivity index (χ2v) is 7.62. The van der Waals surface area contributed by atoms with Crippen LogP contribution in [0.25, 0.3) is 11.3 Å². The van der Waals surface area contributed by atoms with Gasteiger partial charge in [-0.25, -0.2) is 9.78 Å². The van der Waals surface area contributed by atoms with Crippen LogP contribution in [0.5, 0.6) is 0 Å². The summed E-state index contributed by atoms with van der Waals surface area (Å²) in [6.45, 7) is 4.01. The molecule has 4 nitrogen and oxygen atoms in total. The van der Waals surface area contributed by atoms with Crippen LogP contribution >= 0.6 is 22.9 Å². The Morgan fingerprint density at radius 2 is 1.88 bits per heavy atom. The first-order valence-electron chi connectivity index (χ1n) is 8.08. The van der Waals surface area contributed by atoms with E-state index in [4.69, 9.17) is 27.1 Å². The summed E-state index contributed by atoms with van der Waals surface area (Å²) >= 11 is 7.32. The summed E-state index contributed by atoms with van der Waals surface area (Å²) in [6.07, 6.45) is 0.634. The summed E-state index contributed by atoms with van der Waals surface area (Å²) < 4.78 is 4.93. The Bertz CT molecular complexity index is 965. The van der Waals surface area contributed by atoms with Crippen LogP contribution in [0.3, 0.4) is 0 Å². The molecule has 26 heavy (non-hydrogen) atoms. The largest absolute Gasteiger partial charge is 0.465 e. The lowest BCUT2D eigenvalue weighted by Crippen LogP contribution is -2.00. The summed E-state index contributed by atoms with van der Waals surface area (Å²) in [7, 11) is 1.38. The van der Waals surface area contributed by atoms with Crippen molar-refractivity contribution in [2.45, 2.75) is 20.3 Å². The highest BCUT2D eigenvalue weighted by Crippen LogP contribution is 2.31. The molecule has 0 aliphatic heterocycles. The maximum absolute atomic E-state index is 12.2. The summed E-state index contributed by atoms with van der Waals surface area (Å²) in [5, 5.41) is 1.49. The average molecular weight is 387 g/mol. The van der Waals surface area contributed by atoms with E-state index in [9.17, 15) is 4.79 Å². The molecule has 0 aliphatic carbocycles. The average Bonchev–Trinajstić information content (AvgIpc) is 3.03.